The van der Waals surface area contributed by atoms with Crippen LogP contribution in [0.4, 0.5) is 24.7 Å². The predicted octanol–water partition coefficient (Wildman–Crippen LogP) is 2.84. The van der Waals surface area contributed by atoms with Gasteiger partial charge in [0.05, 0.1) is 18.7 Å². The van der Waals surface area contributed by atoms with Gasteiger partial charge in [0.25, 0.3) is 0 Å². The van der Waals surface area contributed by atoms with E-state index in [-0.39, 0.29) is 6.54 Å². The smallest absolute Gasteiger partial charge is 0.390 e. The van der Waals surface area contributed by atoms with Crippen molar-refractivity contribution in [2.45, 2.75) is 25.4 Å². The second-order valence-electron chi connectivity index (χ2n) is 5.10. The molecule has 20 heavy (non-hydrogen) atoms. The van der Waals surface area contributed by atoms with Crippen molar-refractivity contribution >= 4 is 11.5 Å². The van der Waals surface area contributed by atoms with Gasteiger partial charge in [0, 0.05) is 13.6 Å². The lowest BCUT2D eigenvalue weighted by Gasteiger charge is -2.20. The number of aromatic nitrogens is 1. The summed E-state index contributed by atoms with van der Waals surface area (Å²) in [5.74, 6) is 1.28. The molecule has 0 radical (unpaired) electrons. The Kier molecular flexibility index (Phi) is 4.25. The maximum absolute atomic E-state index is 12.2. The number of halogens is 3. The number of nitrogens with zero attached hydrogens (tertiary/aromatic N) is 2. The van der Waals surface area contributed by atoms with Crippen molar-refractivity contribution in [3.63, 3.8) is 0 Å². The Morgan fingerprint density at radius 2 is 2.10 bits per heavy atom. The van der Waals surface area contributed by atoms with Crippen molar-refractivity contribution in [2.24, 2.45) is 5.92 Å². The fourth-order valence-corrected chi connectivity index (χ4v) is 1.66. The zero-order chi connectivity index (χ0) is 14.8. The van der Waals surface area contributed by atoms with Crippen LogP contribution in [0.15, 0.2) is 12.1 Å². The van der Waals surface area contributed by atoms with Crippen LogP contribution in [0.3, 0.4) is 0 Å². The van der Waals surface area contributed by atoms with E-state index in [0.717, 1.165) is 12.8 Å². The molecule has 1 aliphatic carbocycles. The number of anilines is 2. The van der Waals surface area contributed by atoms with Gasteiger partial charge in [0.15, 0.2) is 0 Å². The molecular weight excluding hydrogens is 271 g/mol. The third-order valence-electron chi connectivity index (χ3n) is 3.15. The highest BCUT2D eigenvalue weighted by Gasteiger charge is 2.27. The molecule has 0 spiro atoms. The lowest BCUT2D eigenvalue weighted by Crippen LogP contribution is -2.25. The first-order valence-electron chi connectivity index (χ1n) is 6.52. The van der Waals surface area contributed by atoms with Crippen LogP contribution in [0, 0.1) is 5.92 Å². The second-order valence-corrected chi connectivity index (χ2v) is 5.10. The fraction of sp³-hybridized carbons (Fsp3) is 0.615. The van der Waals surface area contributed by atoms with E-state index in [9.17, 15) is 13.2 Å². The lowest BCUT2D eigenvalue weighted by molar-refractivity contribution is -0.132. The third-order valence-corrected chi connectivity index (χ3v) is 3.15. The standard InChI is InChI=1S/C13H18F3N3O/c1-19(7-6-13(14,15)16)11-5-4-10(17)12(18-11)20-8-9-2-3-9/h4-5,9H,2-3,6-8,17H2,1H3. The molecule has 1 aromatic rings. The monoisotopic (exact) mass is 289 g/mol. The number of hydrogen-bond donors (Lipinski definition) is 1. The van der Waals surface area contributed by atoms with Crippen LogP contribution in [-0.2, 0) is 0 Å². The molecule has 4 nitrogen and oxygen atoms in total. The molecule has 0 amide bonds. The Bertz CT molecular complexity index is 461. The molecule has 7 heteroatoms. The number of hydrogen-bond acceptors (Lipinski definition) is 4. The maximum Gasteiger partial charge on any atom is 0.390 e. The van der Waals surface area contributed by atoms with Gasteiger partial charge < -0.3 is 15.4 Å². The van der Waals surface area contributed by atoms with E-state index in [1.54, 1.807) is 19.2 Å². The van der Waals surface area contributed by atoms with E-state index in [1.807, 2.05) is 0 Å². The van der Waals surface area contributed by atoms with Crippen molar-refractivity contribution in [3.8, 4) is 5.88 Å². The average Bonchev–Trinajstić information content (AvgIpc) is 3.18. The topological polar surface area (TPSA) is 51.4 Å². The summed E-state index contributed by atoms with van der Waals surface area (Å²) >= 11 is 0. The summed E-state index contributed by atoms with van der Waals surface area (Å²) in [5.41, 5.74) is 6.15. The van der Waals surface area contributed by atoms with Gasteiger partial charge in [-0.3, -0.25) is 0 Å². The van der Waals surface area contributed by atoms with E-state index >= 15 is 0 Å². The van der Waals surface area contributed by atoms with Crippen molar-refractivity contribution in [1.82, 2.24) is 4.98 Å². The highest BCUT2D eigenvalue weighted by molar-refractivity contribution is 5.54. The predicted molar refractivity (Wildman–Crippen MR) is 70.8 cm³/mol. The molecule has 0 atom stereocenters. The van der Waals surface area contributed by atoms with Gasteiger partial charge in [-0.05, 0) is 30.9 Å². The quantitative estimate of drug-likeness (QED) is 0.875. The Hall–Kier alpha value is -1.66. The minimum absolute atomic E-state index is 0.150. The SMILES string of the molecule is CN(CCC(F)(F)F)c1ccc(N)c(OCC2CC2)n1. The number of nitrogen functional groups attached to an aromatic ring is 1. The van der Waals surface area contributed by atoms with E-state index < -0.39 is 12.6 Å². The van der Waals surface area contributed by atoms with E-state index in [4.69, 9.17) is 10.5 Å². The summed E-state index contributed by atoms with van der Waals surface area (Å²) < 4.78 is 42.1. The molecule has 0 aromatic carbocycles. The minimum atomic E-state index is -4.17. The molecule has 1 heterocycles. The number of ether oxygens (including phenoxy) is 1. The molecule has 1 aromatic heterocycles. The second kappa shape index (κ2) is 5.76. The summed E-state index contributed by atoms with van der Waals surface area (Å²) in [6.45, 7) is 0.412. The van der Waals surface area contributed by atoms with Crippen LogP contribution < -0.4 is 15.4 Å². The van der Waals surface area contributed by atoms with E-state index in [1.165, 1.54) is 4.90 Å². The highest BCUT2D eigenvalue weighted by Crippen LogP contribution is 2.31. The van der Waals surface area contributed by atoms with Crippen LogP contribution >= 0.6 is 0 Å². The van der Waals surface area contributed by atoms with Gasteiger partial charge in [-0.1, -0.05) is 0 Å². The molecule has 0 bridgehead atoms. The summed E-state index contributed by atoms with van der Waals surface area (Å²) in [6.07, 6.45) is -2.77. The van der Waals surface area contributed by atoms with Crippen molar-refractivity contribution in [3.05, 3.63) is 12.1 Å². The Morgan fingerprint density at radius 1 is 1.40 bits per heavy atom. The Labute approximate surface area is 115 Å². The maximum atomic E-state index is 12.2. The molecule has 2 N–H and O–H groups in total. The highest BCUT2D eigenvalue weighted by atomic mass is 19.4. The number of rotatable bonds is 6. The lowest BCUT2D eigenvalue weighted by atomic mass is 10.3. The van der Waals surface area contributed by atoms with Gasteiger partial charge in [-0.25, -0.2) is 0 Å². The summed E-state index contributed by atoms with van der Waals surface area (Å²) in [7, 11) is 1.56. The summed E-state index contributed by atoms with van der Waals surface area (Å²) in [6, 6.07) is 3.20. The largest absolute Gasteiger partial charge is 0.476 e. The zero-order valence-corrected chi connectivity index (χ0v) is 11.3. The molecule has 0 unspecified atom stereocenters. The zero-order valence-electron chi connectivity index (χ0n) is 11.3. The van der Waals surface area contributed by atoms with E-state index in [2.05, 4.69) is 4.98 Å². The van der Waals surface area contributed by atoms with E-state index in [0.29, 0.717) is 29.9 Å². The van der Waals surface area contributed by atoms with Gasteiger partial charge in [-0.15, -0.1) is 0 Å². The van der Waals surface area contributed by atoms with Gasteiger partial charge in [0.1, 0.15) is 5.82 Å². The molecule has 0 aliphatic heterocycles. The first kappa shape index (κ1) is 14.7. The van der Waals surface area contributed by atoms with Crippen LogP contribution in [-0.4, -0.2) is 31.4 Å². The van der Waals surface area contributed by atoms with Crippen molar-refractivity contribution in [2.75, 3.05) is 30.8 Å². The van der Waals surface area contributed by atoms with Crippen LogP contribution in [0.5, 0.6) is 5.88 Å². The average molecular weight is 289 g/mol. The normalized spacial score (nSPS) is 15.2. The molecule has 1 saturated carbocycles. The molecule has 112 valence electrons. The van der Waals surface area contributed by atoms with Crippen molar-refractivity contribution < 1.29 is 17.9 Å². The molecular formula is C13H18F3N3O. The fourth-order valence-electron chi connectivity index (χ4n) is 1.66. The van der Waals surface area contributed by atoms with Crippen molar-refractivity contribution in [1.29, 1.82) is 0 Å². The minimum Gasteiger partial charge on any atom is -0.476 e. The Morgan fingerprint density at radius 3 is 2.70 bits per heavy atom. The van der Waals surface area contributed by atoms with Crippen LogP contribution in [0.1, 0.15) is 19.3 Å². The number of alkyl halides is 3. The van der Waals surface area contributed by atoms with Gasteiger partial charge >= 0.3 is 6.18 Å². The Balaban J connectivity index is 1.97. The first-order valence-corrected chi connectivity index (χ1v) is 6.52. The number of nitrogens with two attached hydrogens (primary N) is 1. The summed E-state index contributed by atoms with van der Waals surface area (Å²) in [4.78, 5) is 5.63. The molecule has 1 aliphatic rings. The van der Waals surface area contributed by atoms with Gasteiger partial charge in [-0.2, -0.15) is 18.2 Å². The van der Waals surface area contributed by atoms with Gasteiger partial charge in [0.2, 0.25) is 5.88 Å². The molecule has 2 rings (SSSR count). The van der Waals surface area contributed by atoms with Crippen LogP contribution in [0.2, 0.25) is 0 Å². The van der Waals surface area contributed by atoms with Crippen LogP contribution in [0.25, 0.3) is 0 Å². The third kappa shape index (κ3) is 4.47. The molecule has 0 saturated heterocycles. The molecule has 1 fully saturated rings. The number of pyridine rings is 1. The first-order chi connectivity index (χ1) is 9.35. The summed E-state index contributed by atoms with van der Waals surface area (Å²) in [5, 5.41) is 0.